The second-order valence-electron chi connectivity index (χ2n) is 4.69. The van der Waals surface area contributed by atoms with Crippen molar-refractivity contribution in [2.24, 2.45) is 7.05 Å². The van der Waals surface area contributed by atoms with Gasteiger partial charge in [0.2, 0.25) is 0 Å². The predicted octanol–water partition coefficient (Wildman–Crippen LogP) is 2.75. The second kappa shape index (κ2) is 5.36. The van der Waals surface area contributed by atoms with E-state index in [1.54, 1.807) is 31.6 Å². The minimum Gasteiger partial charge on any atom is -0.279 e. The smallest absolute Gasteiger partial charge is 0.265 e. The summed E-state index contributed by atoms with van der Waals surface area (Å²) in [6.45, 7) is 5.42. The van der Waals surface area contributed by atoms with E-state index in [1.165, 1.54) is 0 Å². The summed E-state index contributed by atoms with van der Waals surface area (Å²) >= 11 is 2.18. The van der Waals surface area contributed by atoms with E-state index in [-0.39, 0.29) is 4.90 Å². The number of halogens is 1. The van der Waals surface area contributed by atoms with Crippen molar-refractivity contribution >= 4 is 38.3 Å². The fourth-order valence-electron chi connectivity index (χ4n) is 2.01. The number of nitrogens with one attached hydrogen (secondary N) is 1. The van der Waals surface area contributed by atoms with Crippen molar-refractivity contribution < 1.29 is 8.42 Å². The van der Waals surface area contributed by atoms with E-state index in [0.29, 0.717) is 17.1 Å². The first-order valence-electron chi connectivity index (χ1n) is 6.01. The molecule has 2 rings (SSSR count). The number of nitrogens with zero attached hydrogens (tertiary/aromatic N) is 2. The van der Waals surface area contributed by atoms with Gasteiger partial charge < -0.3 is 0 Å². The van der Waals surface area contributed by atoms with Crippen molar-refractivity contribution in [3.8, 4) is 0 Å². The Labute approximate surface area is 132 Å². The third kappa shape index (κ3) is 2.83. The van der Waals surface area contributed by atoms with Gasteiger partial charge in [0.1, 0.15) is 4.90 Å². The Hall–Kier alpha value is -1.09. The lowest BCUT2D eigenvalue weighted by atomic mass is 10.2. The van der Waals surface area contributed by atoms with Crippen molar-refractivity contribution in [2.45, 2.75) is 25.7 Å². The third-order valence-corrected chi connectivity index (χ3v) is 5.93. The van der Waals surface area contributed by atoms with Gasteiger partial charge >= 0.3 is 0 Å². The molecule has 0 radical (unpaired) electrons. The van der Waals surface area contributed by atoms with Crippen LogP contribution in [-0.4, -0.2) is 18.2 Å². The zero-order valence-corrected chi connectivity index (χ0v) is 14.7. The first-order valence-corrected chi connectivity index (χ1v) is 8.57. The van der Waals surface area contributed by atoms with Crippen LogP contribution in [0.15, 0.2) is 23.1 Å². The van der Waals surface area contributed by atoms with E-state index < -0.39 is 10.0 Å². The number of hydrogen-bond acceptors (Lipinski definition) is 3. The van der Waals surface area contributed by atoms with Gasteiger partial charge in [-0.05, 0) is 61.1 Å². The van der Waals surface area contributed by atoms with Crippen molar-refractivity contribution in [2.75, 3.05) is 4.72 Å². The third-order valence-electron chi connectivity index (χ3n) is 3.14. The standard InChI is InChI=1S/C13H16IN3O2S/c1-8-5-6-11(7-12(8)14)16-20(18,19)13-9(2)15-17(4)10(13)3/h5-7,16H,1-4H3. The molecule has 0 aliphatic rings. The van der Waals surface area contributed by atoms with Crippen LogP contribution in [0.1, 0.15) is 17.0 Å². The molecule has 0 amide bonds. The lowest BCUT2D eigenvalue weighted by Gasteiger charge is -2.09. The molecule has 0 aliphatic carbocycles. The monoisotopic (exact) mass is 405 g/mol. The number of aryl methyl sites for hydroxylation is 3. The van der Waals surface area contributed by atoms with Gasteiger partial charge in [0.25, 0.3) is 10.0 Å². The summed E-state index contributed by atoms with van der Waals surface area (Å²) in [4.78, 5) is 0.246. The van der Waals surface area contributed by atoms with E-state index in [4.69, 9.17) is 0 Å². The predicted molar refractivity (Wildman–Crippen MR) is 87.4 cm³/mol. The molecule has 0 saturated heterocycles. The molecule has 0 fully saturated rings. The van der Waals surface area contributed by atoms with E-state index in [0.717, 1.165) is 9.13 Å². The number of rotatable bonds is 3. The quantitative estimate of drug-likeness (QED) is 0.799. The van der Waals surface area contributed by atoms with Crippen LogP contribution in [0, 0.1) is 24.3 Å². The summed E-state index contributed by atoms with van der Waals surface area (Å²) in [6, 6.07) is 5.47. The summed E-state index contributed by atoms with van der Waals surface area (Å²) in [5.74, 6) is 0. The fraction of sp³-hybridized carbons (Fsp3) is 0.308. The van der Waals surface area contributed by atoms with Crippen LogP contribution >= 0.6 is 22.6 Å². The zero-order chi connectivity index (χ0) is 15.1. The maximum absolute atomic E-state index is 12.5. The van der Waals surface area contributed by atoms with Crippen molar-refractivity contribution in [1.82, 2.24) is 9.78 Å². The molecule has 2 aromatic rings. The number of benzene rings is 1. The minimum atomic E-state index is -3.62. The van der Waals surface area contributed by atoms with E-state index in [1.807, 2.05) is 19.1 Å². The van der Waals surface area contributed by atoms with Crippen molar-refractivity contribution in [3.63, 3.8) is 0 Å². The highest BCUT2D eigenvalue weighted by atomic mass is 127. The molecule has 0 saturated carbocycles. The molecule has 1 aromatic carbocycles. The highest BCUT2D eigenvalue weighted by molar-refractivity contribution is 14.1. The zero-order valence-electron chi connectivity index (χ0n) is 11.7. The van der Waals surface area contributed by atoms with Gasteiger partial charge in [-0.15, -0.1) is 0 Å². The van der Waals surface area contributed by atoms with E-state index in [2.05, 4.69) is 32.4 Å². The van der Waals surface area contributed by atoms with Gasteiger partial charge in [-0.2, -0.15) is 5.10 Å². The fourth-order valence-corrected chi connectivity index (χ4v) is 4.01. The van der Waals surface area contributed by atoms with E-state index in [9.17, 15) is 8.42 Å². The van der Waals surface area contributed by atoms with Crippen LogP contribution in [0.4, 0.5) is 5.69 Å². The number of aromatic nitrogens is 2. The summed E-state index contributed by atoms with van der Waals surface area (Å²) in [5, 5.41) is 4.15. The normalized spacial score (nSPS) is 11.7. The molecule has 20 heavy (non-hydrogen) atoms. The van der Waals surface area contributed by atoms with Gasteiger partial charge in [0.05, 0.1) is 11.4 Å². The number of sulfonamides is 1. The van der Waals surface area contributed by atoms with Gasteiger partial charge in [-0.25, -0.2) is 8.42 Å². The van der Waals surface area contributed by atoms with Gasteiger partial charge in [0, 0.05) is 16.3 Å². The lowest BCUT2D eigenvalue weighted by molar-refractivity contribution is 0.599. The summed E-state index contributed by atoms with van der Waals surface area (Å²) < 4.78 is 30.2. The van der Waals surface area contributed by atoms with Gasteiger partial charge in [0.15, 0.2) is 0 Å². The average Bonchev–Trinajstić information content (AvgIpc) is 2.58. The minimum absolute atomic E-state index is 0.246. The molecule has 5 nitrogen and oxygen atoms in total. The first kappa shape index (κ1) is 15.3. The SMILES string of the molecule is Cc1ccc(NS(=O)(=O)c2c(C)nn(C)c2C)cc1I. The number of hydrogen-bond donors (Lipinski definition) is 1. The van der Waals surface area contributed by atoms with Crippen molar-refractivity contribution in [3.05, 3.63) is 38.7 Å². The van der Waals surface area contributed by atoms with Crippen LogP contribution in [0.3, 0.4) is 0 Å². The molecule has 0 bridgehead atoms. The average molecular weight is 405 g/mol. The molecule has 1 heterocycles. The second-order valence-corrected chi connectivity index (χ2v) is 7.47. The van der Waals surface area contributed by atoms with E-state index >= 15 is 0 Å². The first-order chi connectivity index (χ1) is 9.22. The summed E-state index contributed by atoms with van der Waals surface area (Å²) in [7, 11) is -1.89. The largest absolute Gasteiger partial charge is 0.279 e. The van der Waals surface area contributed by atoms with Crippen LogP contribution in [0.5, 0.6) is 0 Å². The maximum Gasteiger partial charge on any atom is 0.265 e. The molecule has 1 aromatic heterocycles. The molecule has 108 valence electrons. The molecule has 0 spiro atoms. The Balaban J connectivity index is 2.43. The Kier molecular flexibility index (Phi) is 4.10. The summed E-state index contributed by atoms with van der Waals surface area (Å²) in [6.07, 6.45) is 0. The number of anilines is 1. The van der Waals surface area contributed by atoms with Gasteiger partial charge in [-0.1, -0.05) is 6.07 Å². The molecular weight excluding hydrogens is 389 g/mol. The Morgan fingerprint density at radius 1 is 1.25 bits per heavy atom. The van der Waals surface area contributed by atoms with Crippen molar-refractivity contribution in [1.29, 1.82) is 0 Å². The van der Waals surface area contributed by atoms with Crippen LogP contribution in [-0.2, 0) is 17.1 Å². The highest BCUT2D eigenvalue weighted by Crippen LogP contribution is 2.24. The molecule has 0 atom stereocenters. The highest BCUT2D eigenvalue weighted by Gasteiger charge is 2.23. The Morgan fingerprint density at radius 2 is 1.90 bits per heavy atom. The topological polar surface area (TPSA) is 64.0 Å². The van der Waals surface area contributed by atoms with Crippen LogP contribution in [0.2, 0.25) is 0 Å². The molecule has 0 aliphatic heterocycles. The Bertz CT molecular complexity index is 766. The lowest BCUT2D eigenvalue weighted by Crippen LogP contribution is -2.15. The van der Waals surface area contributed by atoms with Crippen LogP contribution in [0.25, 0.3) is 0 Å². The Morgan fingerprint density at radius 3 is 2.40 bits per heavy atom. The molecule has 7 heteroatoms. The van der Waals surface area contributed by atoms with Crippen LogP contribution < -0.4 is 4.72 Å². The maximum atomic E-state index is 12.5. The summed E-state index contributed by atoms with van der Waals surface area (Å²) in [5.41, 5.74) is 2.79. The van der Waals surface area contributed by atoms with Gasteiger partial charge in [-0.3, -0.25) is 9.40 Å². The molecule has 0 unspecified atom stereocenters. The molecule has 1 N–H and O–H groups in total. The molecular formula is C13H16IN3O2S.